The summed E-state index contributed by atoms with van der Waals surface area (Å²) in [5, 5.41) is 12.4. The lowest BCUT2D eigenvalue weighted by Gasteiger charge is -2.17. The van der Waals surface area contributed by atoms with Gasteiger partial charge in [0.1, 0.15) is 5.75 Å². The van der Waals surface area contributed by atoms with Gasteiger partial charge in [0.25, 0.3) is 0 Å². The van der Waals surface area contributed by atoms with E-state index in [4.69, 9.17) is 9.84 Å². The van der Waals surface area contributed by atoms with Crippen molar-refractivity contribution in [2.45, 2.75) is 39.8 Å². The summed E-state index contributed by atoms with van der Waals surface area (Å²) in [6, 6.07) is 5.62. The second kappa shape index (κ2) is 8.27. The van der Waals surface area contributed by atoms with Gasteiger partial charge in [0.05, 0.1) is 0 Å². The van der Waals surface area contributed by atoms with Crippen molar-refractivity contribution in [3.63, 3.8) is 0 Å². The van der Waals surface area contributed by atoms with E-state index in [1.807, 2.05) is 18.2 Å². The van der Waals surface area contributed by atoms with E-state index in [0.717, 1.165) is 16.6 Å². The summed E-state index contributed by atoms with van der Waals surface area (Å²) in [5.74, 6) is 0.254. The number of carboxylic acids is 1. The Morgan fingerprint density at radius 2 is 2.15 bits per heavy atom. The quantitative estimate of drug-likeness (QED) is 0.759. The Bertz CT molecular complexity index is 449. The summed E-state index contributed by atoms with van der Waals surface area (Å²) in [7, 11) is 0. The van der Waals surface area contributed by atoms with Crippen LogP contribution in [-0.4, -0.2) is 23.7 Å². The van der Waals surface area contributed by atoms with Gasteiger partial charge in [-0.2, -0.15) is 0 Å². The topological polar surface area (TPSA) is 58.6 Å². The number of ether oxygens (including phenoxy) is 1. The first kappa shape index (κ1) is 17.0. The Morgan fingerprint density at radius 1 is 1.45 bits per heavy atom. The molecule has 0 aliphatic heterocycles. The molecule has 0 aliphatic carbocycles. The monoisotopic (exact) mass is 343 g/mol. The van der Waals surface area contributed by atoms with Gasteiger partial charge in [-0.3, -0.25) is 0 Å². The van der Waals surface area contributed by atoms with Crippen LogP contribution in [0, 0.1) is 5.92 Å². The van der Waals surface area contributed by atoms with Crippen LogP contribution in [0.2, 0.25) is 0 Å². The fraction of sp³-hybridized carbons (Fsp3) is 0.533. The molecule has 112 valence electrons. The summed E-state index contributed by atoms with van der Waals surface area (Å²) in [5.41, 5.74) is 0.958. The van der Waals surface area contributed by atoms with Crippen LogP contribution in [-0.2, 0) is 11.3 Å². The molecule has 0 spiro atoms. The molecule has 1 unspecified atom stereocenters. The van der Waals surface area contributed by atoms with Crippen LogP contribution >= 0.6 is 15.9 Å². The first-order chi connectivity index (χ1) is 9.43. The van der Waals surface area contributed by atoms with E-state index in [1.54, 1.807) is 6.92 Å². The van der Waals surface area contributed by atoms with E-state index in [-0.39, 0.29) is 0 Å². The zero-order valence-electron chi connectivity index (χ0n) is 12.1. The Hall–Kier alpha value is -1.07. The van der Waals surface area contributed by atoms with Crippen LogP contribution in [0.1, 0.15) is 32.8 Å². The standard InChI is InChI=1S/C15H22BrNO3/c1-4-13(15(18)19)20-14-6-5-12(16)7-11(14)9-17-8-10(2)3/h5-7,10,13,17H,4,8-9H2,1-3H3,(H,18,19). The average molecular weight is 344 g/mol. The van der Waals surface area contributed by atoms with Crippen molar-refractivity contribution in [2.75, 3.05) is 6.54 Å². The van der Waals surface area contributed by atoms with E-state index in [0.29, 0.717) is 24.6 Å². The Balaban J connectivity index is 2.81. The number of nitrogens with one attached hydrogen (secondary N) is 1. The van der Waals surface area contributed by atoms with Crippen molar-refractivity contribution in [2.24, 2.45) is 5.92 Å². The number of carbonyl (C=O) groups is 1. The Kier molecular flexibility index (Phi) is 7.02. The molecule has 0 aromatic heterocycles. The molecule has 5 heteroatoms. The molecule has 1 aromatic carbocycles. The van der Waals surface area contributed by atoms with Gasteiger partial charge in [0, 0.05) is 16.6 Å². The predicted octanol–water partition coefficient (Wildman–Crippen LogP) is 3.44. The van der Waals surface area contributed by atoms with Gasteiger partial charge in [-0.25, -0.2) is 4.79 Å². The maximum atomic E-state index is 11.1. The van der Waals surface area contributed by atoms with Crippen LogP contribution in [0.25, 0.3) is 0 Å². The van der Waals surface area contributed by atoms with Gasteiger partial charge in [-0.1, -0.05) is 36.7 Å². The highest BCUT2D eigenvalue weighted by Gasteiger charge is 2.18. The maximum Gasteiger partial charge on any atom is 0.344 e. The molecule has 20 heavy (non-hydrogen) atoms. The summed E-state index contributed by atoms with van der Waals surface area (Å²) >= 11 is 3.43. The molecular formula is C15H22BrNO3. The lowest BCUT2D eigenvalue weighted by molar-refractivity contribution is -0.145. The fourth-order valence-corrected chi connectivity index (χ4v) is 2.17. The molecular weight excluding hydrogens is 322 g/mol. The predicted molar refractivity (Wildman–Crippen MR) is 83.0 cm³/mol. The van der Waals surface area contributed by atoms with Crippen LogP contribution in [0.15, 0.2) is 22.7 Å². The smallest absolute Gasteiger partial charge is 0.344 e. The molecule has 0 radical (unpaired) electrons. The lowest BCUT2D eigenvalue weighted by atomic mass is 10.1. The van der Waals surface area contributed by atoms with Crippen molar-refractivity contribution >= 4 is 21.9 Å². The van der Waals surface area contributed by atoms with Crippen LogP contribution < -0.4 is 10.1 Å². The molecule has 0 amide bonds. The number of benzene rings is 1. The largest absolute Gasteiger partial charge is 0.479 e. The molecule has 1 aromatic rings. The van der Waals surface area contributed by atoms with Crippen molar-refractivity contribution in [1.29, 1.82) is 0 Å². The molecule has 2 N–H and O–H groups in total. The third-order valence-corrected chi connectivity index (χ3v) is 3.30. The highest BCUT2D eigenvalue weighted by molar-refractivity contribution is 9.10. The molecule has 4 nitrogen and oxygen atoms in total. The van der Waals surface area contributed by atoms with E-state index in [2.05, 4.69) is 35.1 Å². The SMILES string of the molecule is CCC(Oc1ccc(Br)cc1CNCC(C)C)C(=O)O. The zero-order chi connectivity index (χ0) is 15.1. The maximum absolute atomic E-state index is 11.1. The normalized spacial score (nSPS) is 12.4. The van der Waals surface area contributed by atoms with E-state index >= 15 is 0 Å². The summed E-state index contributed by atoms with van der Waals surface area (Å²) in [6.07, 6.45) is -0.371. The summed E-state index contributed by atoms with van der Waals surface area (Å²) < 4.78 is 6.56. The third-order valence-electron chi connectivity index (χ3n) is 2.81. The van der Waals surface area contributed by atoms with E-state index in [9.17, 15) is 4.79 Å². The van der Waals surface area contributed by atoms with Crippen LogP contribution in [0.3, 0.4) is 0 Å². The number of rotatable bonds is 8. The molecule has 0 aliphatic rings. The molecule has 0 saturated heterocycles. The fourth-order valence-electron chi connectivity index (χ4n) is 1.76. The first-order valence-corrected chi connectivity index (χ1v) is 7.62. The second-order valence-corrected chi connectivity index (χ2v) is 6.05. The van der Waals surface area contributed by atoms with Gasteiger partial charge >= 0.3 is 5.97 Å². The Morgan fingerprint density at radius 3 is 2.70 bits per heavy atom. The van der Waals surface area contributed by atoms with Crippen LogP contribution in [0.4, 0.5) is 0 Å². The number of hydrogen-bond acceptors (Lipinski definition) is 3. The van der Waals surface area contributed by atoms with Gasteiger partial charge < -0.3 is 15.2 Å². The van der Waals surface area contributed by atoms with Gasteiger partial charge in [0.15, 0.2) is 6.10 Å². The number of carboxylic acid groups (broad SMARTS) is 1. The second-order valence-electron chi connectivity index (χ2n) is 5.13. The lowest BCUT2D eigenvalue weighted by Crippen LogP contribution is -2.27. The number of halogens is 1. The summed E-state index contributed by atoms with van der Waals surface area (Å²) in [6.45, 7) is 7.64. The summed E-state index contributed by atoms with van der Waals surface area (Å²) in [4.78, 5) is 11.1. The average Bonchev–Trinajstić information content (AvgIpc) is 2.37. The van der Waals surface area contributed by atoms with E-state index < -0.39 is 12.1 Å². The minimum Gasteiger partial charge on any atom is -0.479 e. The van der Waals surface area contributed by atoms with Crippen molar-refractivity contribution in [3.05, 3.63) is 28.2 Å². The minimum absolute atomic E-state index is 0.435. The molecule has 1 atom stereocenters. The van der Waals surface area contributed by atoms with Crippen molar-refractivity contribution < 1.29 is 14.6 Å². The number of aliphatic carboxylic acids is 1. The molecule has 0 fully saturated rings. The first-order valence-electron chi connectivity index (χ1n) is 6.82. The van der Waals surface area contributed by atoms with Crippen LogP contribution in [0.5, 0.6) is 5.75 Å². The number of hydrogen-bond donors (Lipinski definition) is 2. The molecule has 1 rings (SSSR count). The van der Waals surface area contributed by atoms with Gasteiger partial charge in [0.2, 0.25) is 0 Å². The van der Waals surface area contributed by atoms with Gasteiger partial charge in [-0.15, -0.1) is 0 Å². The highest BCUT2D eigenvalue weighted by atomic mass is 79.9. The molecule has 0 heterocycles. The minimum atomic E-state index is -0.934. The van der Waals surface area contributed by atoms with Gasteiger partial charge in [-0.05, 0) is 37.1 Å². The third kappa shape index (κ3) is 5.51. The van der Waals surface area contributed by atoms with Crippen molar-refractivity contribution in [3.8, 4) is 5.75 Å². The van der Waals surface area contributed by atoms with Crippen molar-refractivity contribution in [1.82, 2.24) is 5.32 Å². The Labute approximate surface area is 128 Å². The highest BCUT2D eigenvalue weighted by Crippen LogP contribution is 2.24. The molecule has 0 saturated carbocycles. The van der Waals surface area contributed by atoms with E-state index in [1.165, 1.54) is 0 Å². The molecule has 0 bridgehead atoms. The zero-order valence-corrected chi connectivity index (χ0v) is 13.7.